The number of ether oxygens (including phenoxy) is 1. The van der Waals surface area contributed by atoms with Crippen molar-refractivity contribution in [2.75, 3.05) is 39.8 Å². The fourth-order valence-electron chi connectivity index (χ4n) is 7.31. The Labute approximate surface area is 204 Å². The summed E-state index contributed by atoms with van der Waals surface area (Å²) in [6, 6.07) is 11.1. The van der Waals surface area contributed by atoms with Crippen LogP contribution in [-0.4, -0.2) is 71.4 Å². The van der Waals surface area contributed by atoms with Crippen LogP contribution in [0.25, 0.3) is 0 Å². The van der Waals surface area contributed by atoms with Crippen molar-refractivity contribution in [2.24, 2.45) is 5.92 Å². The van der Waals surface area contributed by atoms with Crippen LogP contribution in [-0.2, 0) is 18.3 Å². The van der Waals surface area contributed by atoms with Crippen molar-refractivity contribution in [3.05, 3.63) is 59.4 Å². The van der Waals surface area contributed by atoms with Gasteiger partial charge >= 0.3 is 0 Å². The molecule has 3 heterocycles. The Kier molecular flexibility index (Phi) is 5.91. The lowest BCUT2D eigenvalue weighted by Gasteiger charge is -2.61. The number of pyridine rings is 1. The number of aliphatic hydroxyl groups is 1. The van der Waals surface area contributed by atoms with Gasteiger partial charge < -0.3 is 14.7 Å². The van der Waals surface area contributed by atoms with Gasteiger partial charge in [-0.1, -0.05) is 12.1 Å². The van der Waals surface area contributed by atoms with E-state index < -0.39 is 5.60 Å². The van der Waals surface area contributed by atoms with Crippen LogP contribution in [0.1, 0.15) is 55.2 Å². The third-order valence-electron chi connectivity index (χ3n) is 9.41. The zero-order valence-corrected chi connectivity index (χ0v) is 20.6. The maximum atomic E-state index is 12.7. The molecule has 6 rings (SSSR count). The highest BCUT2D eigenvalue weighted by Crippen LogP contribution is 2.56. The van der Waals surface area contributed by atoms with Crippen molar-refractivity contribution in [1.82, 2.24) is 14.8 Å². The number of aromatic nitrogens is 1. The summed E-state index contributed by atoms with van der Waals surface area (Å²) in [5, 5.41) is 12.7. The lowest BCUT2D eigenvalue weighted by molar-refractivity contribution is -0.149. The maximum Gasteiger partial charge on any atom is 0.119 e. The first-order chi connectivity index (χ1) is 16.6. The monoisotopic (exact) mass is 461 g/mol. The van der Waals surface area contributed by atoms with E-state index >= 15 is 0 Å². The van der Waals surface area contributed by atoms with Crippen molar-refractivity contribution in [3.8, 4) is 5.75 Å². The Hall–Kier alpha value is -1.95. The molecule has 1 saturated carbocycles. The van der Waals surface area contributed by atoms with Gasteiger partial charge in [-0.15, -0.1) is 0 Å². The SMILES string of the molecule is COc1ccc2c(c1)[C@@]13CCN(CCCc4cccnc4)CC[C@@]1(O)[C@@H](C2)N(CC1CC1)CC3. The second-order valence-electron chi connectivity index (χ2n) is 11.2. The highest BCUT2D eigenvalue weighted by molar-refractivity contribution is 5.48. The highest BCUT2D eigenvalue weighted by Gasteiger charge is 2.63. The van der Waals surface area contributed by atoms with Crippen molar-refractivity contribution >= 4 is 0 Å². The highest BCUT2D eigenvalue weighted by atomic mass is 16.5. The number of nitrogens with zero attached hydrogens (tertiary/aromatic N) is 3. The van der Waals surface area contributed by atoms with Crippen LogP contribution in [0.4, 0.5) is 0 Å². The molecule has 1 aromatic carbocycles. The standard InChI is InChI=1S/C29H39N3O2/c1-34-25-9-8-24-18-27-29(33)12-16-31(14-3-5-22-4-2-13-30-20-22)15-10-28(29,26(24)19-25)11-17-32(27)21-23-6-7-23/h2,4,8-9,13,19-20,23,27,33H,3,5-7,10-12,14-18,21H2,1H3/t27-,28+,29-/m1/s1. The van der Waals surface area contributed by atoms with Crippen LogP contribution in [0.2, 0.25) is 0 Å². The van der Waals surface area contributed by atoms with Crippen LogP contribution in [0.15, 0.2) is 42.7 Å². The lowest BCUT2D eigenvalue weighted by Crippen LogP contribution is -2.71. The largest absolute Gasteiger partial charge is 0.497 e. The number of likely N-dealkylation sites (tertiary alicyclic amines) is 2. The molecule has 2 aliphatic heterocycles. The van der Waals surface area contributed by atoms with Gasteiger partial charge in [0, 0.05) is 36.9 Å². The van der Waals surface area contributed by atoms with Crippen LogP contribution in [0.5, 0.6) is 5.75 Å². The van der Waals surface area contributed by atoms with E-state index in [1.54, 1.807) is 7.11 Å². The van der Waals surface area contributed by atoms with Gasteiger partial charge in [0.25, 0.3) is 0 Å². The molecule has 0 radical (unpaired) electrons. The fourth-order valence-corrected chi connectivity index (χ4v) is 7.31. The number of hydrogen-bond donors (Lipinski definition) is 1. The number of rotatable bonds is 7. The van der Waals surface area contributed by atoms with Crippen molar-refractivity contribution in [3.63, 3.8) is 0 Å². The van der Waals surface area contributed by atoms with Gasteiger partial charge in [0.1, 0.15) is 5.75 Å². The molecule has 2 saturated heterocycles. The quantitative estimate of drug-likeness (QED) is 0.679. The summed E-state index contributed by atoms with van der Waals surface area (Å²) in [4.78, 5) is 9.55. The first-order valence-electron chi connectivity index (χ1n) is 13.4. The first-order valence-corrected chi connectivity index (χ1v) is 13.4. The molecule has 3 fully saturated rings. The van der Waals surface area contributed by atoms with Crippen LogP contribution in [0, 0.1) is 5.92 Å². The van der Waals surface area contributed by atoms with E-state index in [2.05, 4.69) is 39.0 Å². The second-order valence-corrected chi connectivity index (χ2v) is 11.2. The average Bonchev–Trinajstić information content (AvgIpc) is 3.69. The van der Waals surface area contributed by atoms with Gasteiger partial charge in [-0.3, -0.25) is 9.88 Å². The van der Waals surface area contributed by atoms with Gasteiger partial charge in [-0.05, 0) is 112 Å². The minimum atomic E-state index is -0.669. The summed E-state index contributed by atoms with van der Waals surface area (Å²) in [6.07, 6.45) is 12.7. The van der Waals surface area contributed by atoms with Gasteiger partial charge in [0.2, 0.25) is 0 Å². The molecule has 5 nitrogen and oxygen atoms in total. The summed E-state index contributed by atoms with van der Waals surface area (Å²) in [5.41, 5.74) is 3.28. The molecule has 1 N–H and O–H groups in total. The summed E-state index contributed by atoms with van der Waals surface area (Å²) in [5.74, 6) is 1.77. The Morgan fingerprint density at radius 1 is 1.12 bits per heavy atom. The topological polar surface area (TPSA) is 48.8 Å². The molecule has 0 amide bonds. The van der Waals surface area contributed by atoms with E-state index in [1.165, 1.54) is 36.1 Å². The van der Waals surface area contributed by atoms with Crippen molar-refractivity contribution in [2.45, 2.75) is 68.4 Å². The normalized spacial score (nSPS) is 31.4. The minimum absolute atomic E-state index is 0.169. The second kappa shape index (κ2) is 8.92. The van der Waals surface area contributed by atoms with E-state index in [-0.39, 0.29) is 11.5 Å². The van der Waals surface area contributed by atoms with E-state index in [9.17, 15) is 5.11 Å². The summed E-state index contributed by atoms with van der Waals surface area (Å²) < 4.78 is 5.65. The fraction of sp³-hybridized carbons (Fsp3) is 0.621. The molecule has 1 aromatic heterocycles. The Bertz CT molecular complexity index is 1010. The number of piperidine rings is 1. The number of fused-ring (bicyclic) bond motifs is 1. The molecular formula is C29H39N3O2. The van der Waals surface area contributed by atoms with E-state index in [1.807, 2.05) is 18.5 Å². The van der Waals surface area contributed by atoms with Gasteiger partial charge in [-0.25, -0.2) is 0 Å². The molecule has 0 spiro atoms. The number of hydrogen-bond acceptors (Lipinski definition) is 5. The van der Waals surface area contributed by atoms with E-state index in [4.69, 9.17) is 4.74 Å². The molecule has 5 heteroatoms. The number of methoxy groups -OCH3 is 1. The van der Waals surface area contributed by atoms with Crippen molar-refractivity contribution < 1.29 is 9.84 Å². The van der Waals surface area contributed by atoms with Crippen LogP contribution in [0.3, 0.4) is 0 Å². The van der Waals surface area contributed by atoms with E-state index in [0.29, 0.717) is 0 Å². The zero-order valence-electron chi connectivity index (χ0n) is 20.6. The average molecular weight is 462 g/mol. The number of benzene rings is 1. The molecule has 2 aromatic rings. The minimum Gasteiger partial charge on any atom is -0.497 e. The predicted molar refractivity (Wildman–Crippen MR) is 134 cm³/mol. The smallest absolute Gasteiger partial charge is 0.119 e. The summed E-state index contributed by atoms with van der Waals surface area (Å²) in [6.45, 7) is 5.41. The van der Waals surface area contributed by atoms with Crippen LogP contribution >= 0.6 is 0 Å². The molecule has 0 unspecified atom stereocenters. The molecule has 3 atom stereocenters. The maximum absolute atomic E-state index is 12.7. The molecular weight excluding hydrogens is 422 g/mol. The van der Waals surface area contributed by atoms with E-state index in [0.717, 1.165) is 76.4 Å². The lowest BCUT2D eigenvalue weighted by atomic mass is 9.52. The van der Waals surface area contributed by atoms with Gasteiger partial charge in [-0.2, -0.15) is 0 Å². The third kappa shape index (κ3) is 3.86. The Morgan fingerprint density at radius 2 is 1.97 bits per heavy atom. The summed E-state index contributed by atoms with van der Waals surface area (Å²) in [7, 11) is 1.76. The molecule has 182 valence electrons. The molecule has 4 aliphatic rings. The van der Waals surface area contributed by atoms with Gasteiger partial charge in [0.15, 0.2) is 0 Å². The molecule has 2 aliphatic carbocycles. The Balaban J connectivity index is 1.27. The zero-order chi connectivity index (χ0) is 23.2. The van der Waals surface area contributed by atoms with Gasteiger partial charge in [0.05, 0.1) is 12.7 Å². The molecule has 2 bridgehead atoms. The van der Waals surface area contributed by atoms with Crippen molar-refractivity contribution in [1.29, 1.82) is 0 Å². The molecule has 34 heavy (non-hydrogen) atoms. The first kappa shape index (κ1) is 22.5. The predicted octanol–water partition coefficient (Wildman–Crippen LogP) is 3.83. The van der Waals surface area contributed by atoms with Crippen LogP contribution < -0.4 is 4.74 Å². The summed E-state index contributed by atoms with van der Waals surface area (Å²) >= 11 is 0. The third-order valence-corrected chi connectivity index (χ3v) is 9.41. The number of aryl methyl sites for hydroxylation is 1. The Morgan fingerprint density at radius 3 is 2.76 bits per heavy atom.